The van der Waals surface area contributed by atoms with Crippen LogP contribution in [0.2, 0.25) is 0 Å². The molecular formula is C7H11NO2S. The molecule has 3 nitrogen and oxygen atoms in total. The first-order chi connectivity index (χ1) is 5.11. The lowest BCUT2D eigenvalue weighted by molar-refractivity contribution is -0.136. The molecule has 0 rings (SSSR count). The van der Waals surface area contributed by atoms with Crippen LogP contribution in [0.4, 0.5) is 0 Å². The van der Waals surface area contributed by atoms with Crippen molar-refractivity contribution < 1.29 is 9.90 Å². The number of nitrogens with zero attached hydrogens (tertiary/aromatic N) is 1. The van der Waals surface area contributed by atoms with Crippen molar-refractivity contribution >= 4 is 17.7 Å². The number of nitriles is 1. The Kier molecular flexibility index (Phi) is 4.71. The van der Waals surface area contributed by atoms with E-state index in [1.807, 2.05) is 13.0 Å². The second kappa shape index (κ2) is 5.03. The van der Waals surface area contributed by atoms with Crippen molar-refractivity contribution in [2.75, 3.05) is 0 Å². The predicted molar refractivity (Wildman–Crippen MR) is 44.4 cm³/mol. The first-order valence-electron chi connectivity index (χ1n) is 3.39. The largest absolute Gasteiger partial charge is 0.480 e. The van der Waals surface area contributed by atoms with Crippen molar-refractivity contribution in [3.8, 4) is 6.07 Å². The molecule has 4 heteroatoms. The lowest BCUT2D eigenvalue weighted by Crippen LogP contribution is -2.15. The summed E-state index contributed by atoms with van der Waals surface area (Å²) in [6, 6.07) is 2.04. The number of carboxylic acids is 1. The molecule has 62 valence electrons. The van der Waals surface area contributed by atoms with E-state index in [0.717, 1.165) is 0 Å². The Balaban J connectivity index is 3.83. The summed E-state index contributed by atoms with van der Waals surface area (Å²) in [5, 5.41) is 16.3. The van der Waals surface area contributed by atoms with Crippen LogP contribution < -0.4 is 0 Å². The van der Waals surface area contributed by atoms with Crippen molar-refractivity contribution in [2.45, 2.75) is 30.8 Å². The van der Waals surface area contributed by atoms with Gasteiger partial charge < -0.3 is 5.11 Å². The summed E-state index contributed by atoms with van der Waals surface area (Å²) in [4.78, 5) is 10.3. The predicted octanol–water partition coefficient (Wildman–Crippen LogP) is 1.49. The number of carboxylic acid groups (broad SMARTS) is 1. The zero-order valence-corrected chi connectivity index (χ0v) is 7.39. The van der Waals surface area contributed by atoms with Gasteiger partial charge in [-0.2, -0.15) is 5.26 Å². The van der Waals surface area contributed by atoms with Crippen molar-refractivity contribution in [3.63, 3.8) is 0 Å². The van der Waals surface area contributed by atoms with Crippen LogP contribution in [0, 0.1) is 11.3 Å². The van der Waals surface area contributed by atoms with E-state index >= 15 is 0 Å². The number of hydrogen-bond donors (Lipinski definition) is 1. The van der Waals surface area contributed by atoms with Crippen LogP contribution in [0.1, 0.15) is 20.3 Å². The summed E-state index contributed by atoms with van der Waals surface area (Å²) in [7, 11) is 0. The highest BCUT2D eigenvalue weighted by molar-refractivity contribution is 8.01. The maximum absolute atomic E-state index is 10.3. The van der Waals surface area contributed by atoms with Crippen LogP contribution in [0.3, 0.4) is 0 Å². The van der Waals surface area contributed by atoms with Gasteiger partial charge in [-0.1, -0.05) is 6.92 Å². The smallest absolute Gasteiger partial charge is 0.316 e. The zero-order chi connectivity index (χ0) is 8.85. The molecular weight excluding hydrogens is 162 g/mol. The third-order valence-corrected chi connectivity index (χ3v) is 2.61. The molecule has 1 N–H and O–H groups in total. The van der Waals surface area contributed by atoms with Crippen molar-refractivity contribution in [2.24, 2.45) is 0 Å². The minimum absolute atomic E-state index is 0.193. The van der Waals surface area contributed by atoms with E-state index in [2.05, 4.69) is 0 Å². The fraction of sp³-hybridized carbons (Fsp3) is 0.714. The summed E-state index contributed by atoms with van der Waals surface area (Å²) >= 11 is 1.19. The Morgan fingerprint density at radius 3 is 2.64 bits per heavy atom. The van der Waals surface area contributed by atoms with Crippen molar-refractivity contribution in [1.82, 2.24) is 0 Å². The first-order valence-corrected chi connectivity index (χ1v) is 4.34. The van der Waals surface area contributed by atoms with Crippen molar-refractivity contribution in [1.29, 1.82) is 5.26 Å². The topological polar surface area (TPSA) is 61.1 Å². The van der Waals surface area contributed by atoms with Gasteiger partial charge in [0.15, 0.2) is 0 Å². The average molecular weight is 173 g/mol. The summed E-state index contributed by atoms with van der Waals surface area (Å²) < 4.78 is 0. The molecule has 2 unspecified atom stereocenters. The second-order valence-electron chi connectivity index (χ2n) is 2.14. The first kappa shape index (κ1) is 10.3. The van der Waals surface area contributed by atoms with Gasteiger partial charge in [-0.25, -0.2) is 0 Å². The van der Waals surface area contributed by atoms with E-state index in [9.17, 15) is 4.79 Å². The third-order valence-electron chi connectivity index (χ3n) is 1.23. The molecule has 0 spiro atoms. The van der Waals surface area contributed by atoms with Gasteiger partial charge in [0.05, 0.1) is 11.3 Å². The zero-order valence-electron chi connectivity index (χ0n) is 6.57. The molecule has 0 saturated carbocycles. The molecule has 0 fully saturated rings. The van der Waals surface area contributed by atoms with Gasteiger partial charge in [0, 0.05) is 0 Å². The lowest BCUT2D eigenvalue weighted by atomic mass is 10.4. The highest BCUT2D eigenvalue weighted by Crippen LogP contribution is 2.19. The maximum atomic E-state index is 10.3. The monoisotopic (exact) mass is 173 g/mol. The van der Waals surface area contributed by atoms with Gasteiger partial charge >= 0.3 is 5.97 Å². The lowest BCUT2D eigenvalue weighted by Gasteiger charge is -2.08. The molecule has 0 aromatic heterocycles. The van der Waals surface area contributed by atoms with E-state index in [-0.39, 0.29) is 5.25 Å². The van der Waals surface area contributed by atoms with E-state index < -0.39 is 11.2 Å². The van der Waals surface area contributed by atoms with Gasteiger partial charge in [-0.05, 0) is 13.3 Å². The van der Waals surface area contributed by atoms with Gasteiger partial charge in [-0.3, -0.25) is 4.79 Å². The normalized spacial score (nSPS) is 15.0. The van der Waals surface area contributed by atoms with Crippen LogP contribution in [0.25, 0.3) is 0 Å². The van der Waals surface area contributed by atoms with E-state index in [1.54, 1.807) is 6.92 Å². The Hall–Kier alpha value is -0.690. The number of carbonyl (C=O) groups is 1. The number of aliphatic carboxylic acids is 1. The summed E-state index contributed by atoms with van der Waals surface area (Å²) in [5.41, 5.74) is 0. The van der Waals surface area contributed by atoms with Gasteiger partial charge in [0.1, 0.15) is 5.25 Å². The Morgan fingerprint density at radius 1 is 1.82 bits per heavy atom. The maximum Gasteiger partial charge on any atom is 0.316 e. The number of rotatable bonds is 4. The molecule has 0 radical (unpaired) electrons. The molecule has 0 aliphatic heterocycles. The Labute approximate surface area is 70.4 Å². The SMILES string of the molecule is CCC(C#N)SC(C)C(=O)O. The van der Waals surface area contributed by atoms with Crippen molar-refractivity contribution in [3.05, 3.63) is 0 Å². The molecule has 0 bridgehead atoms. The fourth-order valence-corrected chi connectivity index (χ4v) is 1.39. The van der Waals surface area contributed by atoms with Gasteiger partial charge in [-0.15, -0.1) is 11.8 Å². The summed E-state index contributed by atoms with van der Waals surface area (Å²) in [6.07, 6.45) is 0.693. The van der Waals surface area contributed by atoms with E-state index in [1.165, 1.54) is 11.8 Å². The molecule has 11 heavy (non-hydrogen) atoms. The molecule has 0 aromatic carbocycles. The van der Waals surface area contributed by atoms with Crippen LogP contribution in [-0.2, 0) is 4.79 Å². The molecule has 0 aliphatic rings. The quantitative estimate of drug-likeness (QED) is 0.699. The highest BCUT2D eigenvalue weighted by Gasteiger charge is 2.16. The molecule has 0 amide bonds. The van der Waals surface area contributed by atoms with E-state index in [4.69, 9.17) is 10.4 Å². The number of hydrogen-bond acceptors (Lipinski definition) is 3. The van der Waals surface area contributed by atoms with Gasteiger partial charge in [0.2, 0.25) is 0 Å². The van der Waals surface area contributed by atoms with Crippen LogP contribution in [0.5, 0.6) is 0 Å². The van der Waals surface area contributed by atoms with Crippen LogP contribution in [0.15, 0.2) is 0 Å². The Bertz CT molecular complexity index is 176. The van der Waals surface area contributed by atoms with Gasteiger partial charge in [0.25, 0.3) is 0 Å². The second-order valence-corrected chi connectivity index (χ2v) is 3.69. The van der Waals surface area contributed by atoms with Crippen LogP contribution in [-0.4, -0.2) is 21.6 Å². The van der Waals surface area contributed by atoms with E-state index in [0.29, 0.717) is 6.42 Å². The standard InChI is InChI=1S/C7H11NO2S/c1-3-6(4-8)11-5(2)7(9)10/h5-6H,3H2,1-2H3,(H,9,10). The minimum atomic E-state index is -0.858. The molecule has 0 saturated heterocycles. The minimum Gasteiger partial charge on any atom is -0.480 e. The third kappa shape index (κ3) is 3.89. The van der Waals surface area contributed by atoms with Crippen LogP contribution >= 0.6 is 11.8 Å². The number of thioether (sulfide) groups is 1. The Morgan fingerprint density at radius 2 is 2.36 bits per heavy atom. The molecule has 0 heterocycles. The molecule has 0 aliphatic carbocycles. The highest BCUT2D eigenvalue weighted by atomic mass is 32.2. The average Bonchev–Trinajstić information content (AvgIpc) is 1.99. The summed E-state index contributed by atoms with van der Waals surface area (Å²) in [6.45, 7) is 3.46. The fourth-order valence-electron chi connectivity index (χ4n) is 0.523. The molecule has 0 aromatic rings. The molecule has 2 atom stereocenters. The summed E-state index contributed by atoms with van der Waals surface area (Å²) in [5.74, 6) is -0.858.